The predicted molar refractivity (Wildman–Crippen MR) is 47.5 cm³/mol. The molecule has 0 radical (unpaired) electrons. The van der Waals surface area contributed by atoms with Crippen molar-refractivity contribution in [3.05, 3.63) is 0 Å². The highest BCUT2D eigenvalue weighted by molar-refractivity contribution is 4.87. The Morgan fingerprint density at radius 2 is 2.00 bits per heavy atom. The van der Waals surface area contributed by atoms with E-state index < -0.39 is 0 Å². The van der Waals surface area contributed by atoms with Gasteiger partial charge in [0.25, 0.3) is 0 Å². The summed E-state index contributed by atoms with van der Waals surface area (Å²) in [4.78, 5) is 0. The molecule has 0 aromatic carbocycles. The maximum Gasteiger partial charge on any atom is 0.00983 e. The van der Waals surface area contributed by atoms with E-state index in [1.165, 1.54) is 38.6 Å². The third kappa shape index (κ3) is 1.44. The van der Waals surface area contributed by atoms with E-state index >= 15 is 0 Å². The topological polar surface area (TPSA) is 12.0 Å². The second-order valence-corrected chi connectivity index (χ2v) is 4.27. The van der Waals surface area contributed by atoms with Crippen LogP contribution in [0.25, 0.3) is 0 Å². The fraction of sp³-hybridized carbons (Fsp3) is 1.00. The molecular weight excluding hydrogens is 134 g/mol. The fourth-order valence-electron chi connectivity index (χ4n) is 2.85. The van der Waals surface area contributed by atoms with Crippen LogP contribution in [-0.4, -0.2) is 12.6 Å². The summed E-state index contributed by atoms with van der Waals surface area (Å²) < 4.78 is 0. The van der Waals surface area contributed by atoms with Gasteiger partial charge in [-0.2, -0.15) is 0 Å². The van der Waals surface area contributed by atoms with Crippen LogP contribution >= 0.6 is 0 Å². The molecule has 2 rings (SSSR count). The molecular formula is C10H19N. The average Bonchev–Trinajstić information content (AvgIpc) is 2.55. The zero-order chi connectivity index (χ0) is 7.68. The maximum atomic E-state index is 3.63. The van der Waals surface area contributed by atoms with E-state index in [2.05, 4.69) is 12.2 Å². The quantitative estimate of drug-likeness (QED) is 0.609. The molecule has 1 aliphatic heterocycles. The van der Waals surface area contributed by atoms with Gasteiger partial charge < -0.3 is 5.32 Å². The Balaban J connectivity index is 1.92. The van der Waals surface area contributed by atoms with Crippen LogP contribution in [0.1, 0.15) is 39.0 Å². The molecule has 3 unspecified atom stereocenters. The summed E-state index contributed by atoms with van der Waals surface area (Å²) in [6.45, 7) is 3.70. The Morgan fingerprint density at radius 1 is 1.09 bits per heavy atom. The molecule has 2 fully saturated rings. The zero-order valence-electron chi connectivity index (χ0n) is 7.47. The van der Waals surface area contributed by atoms with E-state index in [9.17, 15) is 0 Å². The van der Waals surface area contributed by atoms with Gasteiger partial charge in [-0.25, -0.2) is 0 Å². The number of hydrogen-bond donors (Lipinski definition) is 1. The Hall–Kier alpha value is -0.0400. The largest absolute Gasteiger partial charge is 0.314 e. The maximum absolute atomic E-state index is 3.63. The minimum atomic E-state index is 0.882. The van der Waals surface area contributed by atoms with Crippen molar-refractivity contribution in [1.29, 1.82) is 0 Å². The summed E-state index contributed by atoms with van der Waals surface area (Å²) in [7, 11) is 0. The lowest BCUT2D eigenvalue weighted by molar-refractivity contribution is 0.322. The Kier molecular flexibility index (Phi) is 2.17. The van der Waals surface area contributed by atoms with Gasteiger partial charge in [0, 0.05) is 6.04 Å². The lowest BCUT2D eigenvalue weighted by Gasteiger charge is -2.22. The number of nitrogens with one attached hydrogen (secondary N) is 1. The molecule has 1 heteroatoms. The van der Waals surface area contributed by atoms with Gasteiger partial charge in [-0.15, -0.1) is 0 Å². The zero-order valence-corrected chi connectivity index (χ0v) is 7.47. The molecule has 1 saturated carbocycles. The first-order chi connectivity index (χ1) is 5.38. The van der Waals surface area contributed by atoms with Crippen molar-refractivity contribution in [2.45, 2.75) is 45.1 Å². The standard InChI is InChI=1S/C10H19N/c1-8-4-2-5-9(8)10-6-3-7-11-10/h8-11H,2-7H2,1H3. The molecule has 0 aromatic heterocycles. The average molecular weight is 153 g/mol. The van der Waals surface area contributed by atoms with Crippen LogP contribution in [0.5, 0.6) is 0 Å². The SMILES string of the molecule is CC1CCCC1C1CCCN1. The fourth-order valence-corrected chi connectivity index (χ4v) is 2.85. The van der Waals surface area contributed by atoms with Gasteiger partial charge in [0.2, 0.25) is 0 Å². The van der Waals surface area contributed by atoms with Gasteiger partial charge in [0.15, 0.2) is 0 Å². The van der Waals surface area contributed by atoms with Crippen LogP contribution < -0.4 is 5.32 Å². The molecule has 0 bridgehead atoms. The lowest BCUT2D eigenvalue weighted by Crippen LogP contribution is -2.31. The molecule has 1 N–H and O–H groups in total. The van der Waals surface area contributed by atoms with Crippen molar-refractivity contribution in [3.63, 3.8) is 0 Å². The minimum Gasteiger partial charge on any atom is -0.314 e. The molecule has 64 valence electrons. The molecule has 0 aromatic rings. The highest BCUT2D eigenvalue weighted by atomic mass is 14.9. The molecule has 1 aliphatic carbocycles. The van der Waals surface area contributed by atoms with Crippen molar-refractivity contribution in [2.24, 2.45) is 11.8 Å². The van der Waals surface area contributed by atoms with Crippen LogP contribution in [0.2, 0.25) is 0 Å². The molecule has 0 amide bonds. The van der Waals surface area contributed by atoms with Crippen LogP contribution in [0.15, 0.2) is 0 Å². The molecule has 2 aliphatic rings. The Morgan fingerprint density at radius 3 is 2.55 bits per heavy atom. The summed E-state index contributed by atoms with van der Waals surface area (Å²) >= 11 is 0. The van der Waals surface area contributed by atoms with E-state index in [0.717, 1.165) is 17.9 Å². The van der Waals surface area contributed by atoms with Gasteiger partial charge in [-0.05, 0) is 37.6 Å². The molecule has 3 atom stereocenters. The van der Waals surface area contributed by atoms with Crippen LogP contribution in [0, 0.1) is 11.8 Å². The molecule has 1 saturated heterocycles. The van der Waals surface area contributed by atoms with Crippen LogP contribution in [-0.2, 0) is 0 Å². The second kappa shape index (κ2) is 3.14. The summed E-state index contributed by atoms with van der Waals surface area (Å²) in [5.74, 6) is 2.00. The monoisotopic (exact) mass is 153 g/mol. The van der Waals surface area contributed by atoms with Crippen molar-refractivity contribution in [3.8, 4) is 0 Å². The van der Waals surface area contributed by atoms with E-state index in [0.29, 0.717) is 0 Å². The molecule has 11 heavy (non-hydrogen) atoms. The smallest absolute Gasteiger partial charge is 0.00983 e. The number of rotatable bonds is 1. The minimum absolute atomic E-state index is 0.882. The third-order valence-corrected chi connectivity index (χ3v) is 3.54. The predicted octanol–water partition coefficient (Wildman–Crippen LogP) is 2.17. The van der Waals surface area contributed by atoms with E-state index in [-0.39, 0.29) is 0 Å². The first kappa shape index (κ1) is 7.60. The highest BCUT2D eigenvalue weighted by Crippen LogP contribution is 2.35. The van der Waals surface area contributed by atoms with Crippen LogP contribution in [0.4, 0.5) is 0 Å². The molecule has 1 nitrogen and oxygen atoms in total. The highest BCUT2D eigenvalue weighted by Gasteiger charge is 2.31. The summed E-state index contributed by atoms with van der Waals surface area (Å²) in [5.41, 5.74) is 0. The van der Waals surface area contributed by atoms with Crippen molar-refractivity contribution < 1.29 is 0 Å². The first-order valence-corrected chi connectivity index (χ1v) is 5.11. The van der Waals surface area contributed by atoms with Crippen molar-refractivity contribution >= 4 is 0 Å². The molecule has 1 heterocycles. The van der Waals surface area contributed by atoms with E-state index in [4.69, 9.17) is 0 Å². The molecule has 0 spiro atoms. The third-order valence-electron chi connectivity index (χ3n) is 3.54. The van der Waals surface area contributed by atoms with E-state index in [1.54, 1.807) is 0 Å². The first-order valence-electron chi connectivity index (χ1n) is 5.11. The van der Waals surface area contributed by atoms with Crippen molar-refractivity contribution in [2.75, 3.05) is 6.54 Å². The van der Waals surface area contributed by atoms with E-state index in [1.807, 2.05) is 0 Å². The summed E-state index contributed by atoms with van der Waals surface area (Å²) in [6, 6.07) is 0.882. The van der Waals surface area contributed by atoms with Crippen molar-refractivity contribution in [1.82, 2.24) is 5.32 Å². The van der Waals surface area contributed by atoms with Gasteiger partial charge in [-0.1, -0.05) is 19.8 Å². The van der Waals surface area contributed by atoms with Gasteiger partial charge in [0.05, 0.1) is 0 Å². The van der Waals surface area contributed by atoms with Gasteiger partial charge >= 0.3 is 0 Å². The summed E-state index contributed by atoms with van der Waals surface area (Å²) in [5, 5.41) is 3.63. The van der Waals surface area contributed by atoms with Crippen LogP contribution in [0.3, 0.4) is 0 Å². The normalized spacial score (nSPS) is 45.0. The van der Waals surface area contributed by atoms with Gasteiger partial charge in [-0.3, -0.25) is 0 Å². The lowest BCUT2D eigenvalue weighted by atomic mass is 9.89. The number of hydrogen-bond acceptors (Lipinski definition) is 1. The Bertz CT molecular complexity index is 127. The van der Waals surface area contributed by atoms with Gasteiger partial charge in [0.1, 0.15) is 0 Å². The Labute approximate surface area is 69.6 Å². The summed E-state index contributed by atoms with van der Waals surface area (Å²) in [6.07, 6.45) is 7.29. The second-order valence-electron chi connectivity index (χ2n) is 4.27.